The molecule has 0 unspecified atom stereocenters. The van der Waals surface area contributed by atoms with Gasteiger partial charge in [0.05, 0.1) is 17.9 Å². The van der Waals surface area contributed by atoms with Gasteiger partial charge in [0.1, 0.15) is 6.54 Å². The van der Waals surface area contributed by atoms with Crippen LogP contribution in [-0.4, -0.2) is 24.1 Å². The number of nitrogens with zero attached hydrogens (tertiary/aromatic N) is 1. The molecule has 0 spiro atoms. The fraction of sp³-hybridized carbons (Fsp3) is 0.353. The van der Waals surface area contributed by atoms with Crippen molar-refractivity contribution in [3.8, 4) is 11.1 Å². The maximum absolute atomic E-state index is 9.75. The lowest BCUT2D eigenvalue weighted by Crippen LogP contribution is -2.26. The van der Waals surface area contributed by atoms with Crippen molar-refractivity contribution in [2.45, 2.75) is 33.1 Å². The Hall–Kier alpha value is -2.05. The molecule has 0 aliphatic carbocycles. The van der Waals surface area contributed by atoms with Crippen LogP contribution < -0.4 is 0 Å². The Morgan fingerprint density at radius 2 is 1.71 bits per heavy atom. The lowest BCUT2D eigenvalue weighted by Gasteiger charge is -2.15. The first kappa shape index (κ1) is 18.3. The van der Waals surface area contributed by atoms with Crippen LogP contribution in [0.1, 0.15) is 33.3 Å². The number of fused-ring (bicyclic) bond motifs is 1. The van der Waals surface area contributed by atoms with Gasteiger partial charge in [-0.3, -0.25) is 0 Å². The molecular formula is C17H20BF4NO. The van der Waals surface area contributed by atoms with Crippen LogP contribution in [0.3, 0.4) is 0 Å². The minimum absolute atomic E-state index is 0.102. The molecule has 0 bridgehead atoms. The molecule has 1 aromatic carbocycles. The zero-order valence-electron chi connectivity index (χ0n) is 14.1. The second-order valence-corrected chi connectivity index (χ2v) is 6.19. The Labute approximate surface area is 138 Å². The molecule has 1 aromatic heterocycles. The minimum Gasteiger partial charge on any atom is -0.472 e. The van der Waals surface area contributed by atoms with Gasteiger partial charge in [0.15, 0.2) is 5.71 Å². The van der Waals surface area contributed by atoms with Gasteiger partial charge >= 0.3 is 7.25 Å². The smallest absolute Gasteiger partial charge is 0.472 e. The second-order valence-electron chi connectivity index (χ2n) is 6.19. The fourth-order valence-corrected chi connectivity index (χ4v) is 3.00. The molecule has 0 fully saturated rings. The third kappa shape index (κ3) is 3.71. The highest BCUT2D eigenvalue weighted by atomic mass is 19.5. The van der Waals surface area contributed by atoms with Gasteiger partial charge in [-0.15, -0.1) is 0 Å². The van der Waals surface area contributed by atoms with Crippen molar-refractivity contribution in [1.82, 2.24) is 0 Å². The van der Waals surface area contributed by atoms with Crippen LogP contribution in [0, 0.1) is 0 Å². The number of hydrogen-bond acceptors (Lipinski definition) is 1. The molecule has 130 valence electrons. The van der Waals surface area contributed by atoms with Crippen molar-refractivity contribution in [3.63, 3.8) is 0 Å². The number of benzene rings is 1. The van der Waals surface area contributed by atoms with Crippen LogP contribution in [0.5, 0.6) is 0 Å². The van der Waals surface area contributed by atoms with Crippen molar-refractivity contribution in [1.29, 1.82) is 0 Å². The van der Waals surface area contributed by atoms with Crippen molar-refractivity contribution in [2.24, 2.45) is 0 Å². The lowest BCUT2D eigenvalue weighted by atomic mass is 9.81. The highest BCUT2D eigenvalue weighted by Gasteiger charge is 2.42. The van der Waals surface area contributed by atoms with Gasteiger partial charge < -0.3 is 21.7 Å². The topological polar surface area (TPSA) is 16.1 Å². The van der Waals surface area contributed by atoms with Crippen molar-refractivity contribution >= 4 is 18.7 Å². The van der Waals surface area contributed by atoms with E-state index in [-0.39, 0.29) is 5.41 Å². The Bertz CT molecular complexity index is 742. The van der Waals surface area contributed by atoms with Gasteiger partial charge in [-0.1, -0.05) is 0 Å². The maximum Gasteiger partial charge on any atom is 0.673 e. The molecule has 1 aliphatic heterocycles. The van der Waals surface area contributed by atoms with Crippen LogP contribution in [0.4, 0.5) is 23.0 Å². The molecule has 0 saturated carbocycles. The van der Waals surface area contributed by atoms with Crippen molar-refractivity contribution in [3.05, 3.63) is 42.4 Å². The molecule has 24 heavy (non-hydrogen) atoms. The summed E-state index contributed by atoms with van der Waals surface area (Å²) in [6.07, 6.45) is 3.53. The number of halogens is 4. The molecule has 0 atom stereocenters. The Balaban J connectivity index is 0.000000368. The standard InChI is InChI=1S/C17H20NO.BF4/c1-5-18-12(2)17(3,4)15-10-13(6-7-16(15)18)14-8-9-19-11-14;2-1(3,4)5/h6-11H,5H2,1-4H3;/q+1;-1. The summed E-state index contributed by atoms with van der Waals surface area (Å²) < 4.78 is 46.6. The molecule has 3 rings (SSSR count). The van der Waals surface area contributed by atoms with Crippen molar-refractivity contribution in [2.75, 3.05) is 6.54 Å². The quantitative estimate of drug-likeness (QED) is 0.391. The second kappa shape index (κ2) is 6.45. The summed E-state index contributed by atoms with van der Waals surface area (Å²) in [7, 11) is -6.00. The number of rotatable bonds is 2. The molecule has 0 N–H and O–H groups in total. The summed E-state index contributed by atoms with van der Waals surface area (Å²) >= 11 is 0. The molecule has 2 aromatic rings. The summed E-state index contributed by atoms with van der Waals surface area (Å²) in [5, 5.41) is 0. The van der Waals surface area contributed by atoms with Crippen LogP contribution in [0.2, 0.25) is 0 Å². The molecule has 2 nitrogen and oxygen atoms in total. The normalized spacial score (nSPS) is 15.8. The summed E-state index contributed by atoms with van der Waals surface area (Å²) in [6, 6.07) is 8.73. The zero-order chi connectivity index (χ0) is 18.1. The van der Waals surface area contributed by atoms with Gasteiger partial charge in [-0.2, -0.15) is 4.58 Å². The molecule has 0 saturated heterocycles. The SMILES string of the molecule is CC[N+]1=C(C)C(C)(C)c2cc(-c3ccoc3)ccc21.F[B-](F)(F)F. The van der Waals surface area contributed by atoms with E-state index in [2.05, 4.69) is 50.5 Å². The van der Waals surface area contributed by atoms with Crippen LogP contribution in [-0.2, 0) is 5.41 Å². The van der Waals surface area contributed by atoms with Crippen molar-refractivity contribution < 1.29 is 26.3 Å². The average Bonchev–Trinajstić information content (AvgIpc) is 3.05. The largest absolute Gasteiger partial charge is 0.673 e. The van der Waals surface area contributed by atoms with E-state index in [0.717, 1.165) is 12.1 Å². The summed E-state index contributed by atoms with van der Waals surface area (Å²) in [6.45, 7) is 10.1. The van der Waals surface area contributed by atoms with E-state index in [9.17, 15) is 17.3 Å². The first-order chi connectivity index (χ1) is 11.1. The van der Waals surface area contributed by atoms with E-state index < -0.39 is 7.25 Å². The van der Waals surface area contributed by atoms with Gasteiger partial charge in [0.2, 0.25) is 5.69 Å². The number of hydrogen-bond donors (Lipinski definition) is 0. The van der Waals surface area contributed by atoms with E-state index in [4.69, 9.17) is 4.42 Å². The molecule has 7 heteroatoms. The first-order valence-electron chi connectivity index (χ1n) is 7.71. The highest BCUT2D eigenvalue weighted by Crippen LogP contribution is 2.41. The minimum atomic E-state index is -6.00. The Morgan fingerprint density at radius 1 is 1.08 bits per heavy atom. The molecule has 0 amide bonds. The predicted molar refractivity (Wildman–Crippen MR) is 88.5 cm³/mol. The lowest BCUT2D eigenvalue weighted by molar-refractivity contribution is -0.434. The predicted octanol–water partition coefficient (Wildman–Crippen LogP) is 5.66. The van der Waals surface area contributed by atoms with E-state index >= 15 is 0 Å². The molecule has 1 aliphatic rings. The van der Waals surface area contributed by atoms with E-state index in [0.29, 0.717) is 0 Å². The Kier molecular flexibility index (Phi) is 4.92. The third-order valence-corrected chi connectivity index (χ3v) is 4.44. The zero-order valence-corrected chi connectivity index (χ0v) is 14.1. The number of furan rings is 1. The monoisotopic (exact) mass is 341 g/mol. The van der Waals surface area contributed by atoms with Gasteiger partial charge in [0.25, 0.3) is 0 Å². The summed E-state index contributed by atoms with van der Waals surface area (Å²) in [4.78, 5) is 0. The van der Waals surface area contributed by atoms with E-state index in [1.54, 1.807) is 12.5 Å². The summed E-state index contributed by atoms with van der Waals surface area (Å²) in [5.41, 5.74) is 6.65. The first-order valence-corrected chi connectivity index (χ1v) is 7.71. The van der Waals surface area contributed by atoms with Gasteiger partial charge in [-0.25, -0.2) is 0 Å². The van der Waals surface area contributed by atoms with Crippen LogP contribution in [0.15, 0.2) is 41.2 Å². The van der Waals surface area contributed by atoms with Crippen LogP contribution in [0.25, 0.3) is 11.1 Å². The molecule has 0 radical (unpaired) electrons. The maximum atomic E-state index is 9.75. The van der Waals surface area contributed by atoms with Gasteiger partial charge in [-0.05, 0) is 44.5 Å². The average molecular weight is 341 g/mol. The fourth-order valence-electron chi connectivity index (χ4n) is 3.00. The van der Waals surface area contributed by atoms with Gasteiger partial charge in [0, 0.05) is 24.1 Å². The Morgan fingerprint density at radius 3 is 2.21 bits per heavy atom. The highest BCUT2D eigenvalue weighted by molar-refractivity contribution is 6.50. The van der Waals surface area contributed by atoms with Crippen LogP contribution >= 0.6 is 0 Å². The third-order valence-electron chi connectivity index (χ3n) is 4.44. The van der Waals surface area contributed by atoms with E-state index in [1.807, 2.05) is 6.07 Å². The van der Waals surface area contributed by atoms with E-state index in [1.165, 1.54) is 22.5 Å². The molecular weight excluding hydrogens is 321 g/mol. The summed E-state index contributed by atoms with van der Waals surface area (Å²) in [5.74, 6) is 0. The molecule has 2 heterocycles.